The van der Waals surface area contributed by atoms with Crippen LogP contribution in [0.4, 0.5) is 27.5 Å². The third-order valence-electron chi connectivity index (χ3n) is 4.72. The molecule has 0 aliphatic carbocycles. The number of urea groups is 1. The van der Waals surface area contributed by atoms with E-state index in [-0.39, 0.29) is 18.0 Å². The molecule has 2 aromatic rings. The van der Waals surface area contributed by atoms with Crippen LogP contribution in [0, 0.1) is 0 Å². The maximum atomic E-state index is 11.8. The number of hydrogen-bond donors (Lipinski definition) is 5. The summed E-state index contributed by atoms with van der Waals surface area (Å²) in [4.78, 5) is 22.9. The van der Waals surface area contributed by atoms with Gasteiger partial charge in [0.05, 0.1) is 24.4 Å². The largest absolute Gasteiger partial charge is 0.496 e. The van der Waals surface area contributed by atoms with Crippen LogP contribution in [0.3, 0.4) is 0 Å². The summed E-state index contributed by atoms with van der Waals surface area (Å²) < 4.78 is 5.46. The van der Waals surface area contributed by atoms with E-state index in [0.717, 1.165) is 28.2 Å². The van der Waals surface area contributed by atoms with Gasteiger partial charge in [0.15, 0.2) is 0 Å². The fourth-order valence-corrected chi connectivity index (χ4v) is 3.38. The Bertz CT molecular complexity index is 927. The highest BCUT2D eigenvalue weighted by molar-refractivity contribution is 6.04. The number of methoxy groups -OCH3 is 1. The molecule has 0 bridgehead atoms. The molecule has 134 valence electrons. The molecule has 8 nitrogen and oxygen atoms in total. The molecule has 0 saturated carbocycles. The lowest BCUT2D eigenvalue weighted by Gasteiger charge is -2.17. The molecule has 2 aliphatic rings. The molecular weight excluding hydrogens is 334 g/mol. The predicted molar refractivity (Wildman–Crippen MR) is 99.7 cm³/mol. The van der Waals surface area contributed by atoms with Crippen LogP contribution in [0.2, 0.25) is 0 Å². The highest BCUT2D eigenvalue weighted by atomic mass is 16.5. The predicted octanol–water partition coefficient (Wildman–Crippen LogP) is 2.78. The minimum atomic E-state index is -0.630. The van der Waals surface area contributed by atoms with E-state index < -0.39 is 6.03 Å². The quantitative estimate of drug-likeness (QED) is 0.582. The van der Waals surface area contributed by atoms with Crippen LogP contribution in [-0.4, -0.2) is 19.0 Å². The van der Waals surface area contributed by atoms with Crippen molar-refractivity contribution < 1.29 is 14.3 Å². The van der Waals surface area contributed by atoms with Gasteiger partial charge in [-0.2, -0.15) is 0 Å². The summed E-state index contributed by atoms with van der Waals surface area (Å²) >= 11 is 0. The summed E-state index contributed by atoms with van der Waals surface area (Å²) in [6.45, 7) is 1.89. The van der Waals surface area contributed by atoms with E-state index >= 15 is 0 Å². The van der Waals surface area contributed by atoms with Crippen LogP contribution in [0.15, 0.2) is 30.3 Å². The maximum Gasteiger partial charge on any atom is 0.316 e. The summed E-state index contributed by atoms with van der Waals surface area (Å²) in [5.41, 5.74) is 10.3. The molecule has 26 heavy (non-hydrogen) atoms. The van der Waals surface area contributed by atoms with E-state index in [2.05, 4.69) is 21.3 Å². The molecule has 8 heteroatoms. The van der Waals surface area contributed by atoms with Crippen LogP contribution >= 0.6 is 0 Å². The number of anilines is 4. The lowest BCUT2D eigenvalue weighted by atomic mass is 10.0. The van der Waals surface area contributed by atoms with Gasteiger partial charge in [-0.25, -0.2) is 4.79 Å². The summed E-state index contributed by atoms with van der Waals surface area (Å²) in [5, 5.41) is 12.2. The normalized spacial score (nSPS) is 19.7. The number of rotatable bonds is 3. The van der Waals surface area contributed by atoms with Gasteiger partial charge in [-0.1, -0.05) is 0 Å². The number of benzene rings is 2. The minimum Gasteiger partial charge on any atom is -0.496 e. The van der Waals surface area contributed by atoms with Gasteiger partial charge in [-0.15, -0.1) is 0 Å². The van der Waals surface area contributed by atoms with Crippen molar-refractivity contribution in [3.05, 3.63) is 41.5 Å². The van der Waals surface area contributed by atoms with E-state index in [1.165, 1.54) is 0 Å². The number of fused-ring (bicyclic) bond motifs is 2. The lowest BCUT2D eigenvalue weighted by Crippen LogP contribution is -2.19. The first-order valence-electron chi connectivity index (χ1n) is 8.22. The second-order valence-electron chi connectivity index (χ2n) is 6.36. The van der Waals surface area contributed by atoms with Crippen LogP contribution in [0.25, 0.3) is 0 Å². The first-order valence-corrected chi connectivity index (χ1v) is 8.22. The topological polar surface area (TPSA) is 118 Å². The van der Waals surface area contributed by atoms with Gasteiger partial charge >= 0.3 is 6.03 Å². The Labute approximate surface area is 150 Å². The van der Waals surface area contributed by atoms with Crippen molar-refractivity contribution in [3.63, 3.8) is 0 Å². The second kappa shape index (κ2) is 5.83. The minimum absolute atomic E-state index is 0.0134. The highest BCUT2D eigenvalue weighted by Crippen LogP contribution is 2.44. The second-order valence-corrected chi connectivity index (χ2v) is 6.36. The van der Waals surface area contributed by atoms with E-state index in [1.54, 1.807) is 19.2 Å². The van der Waals surface area contributed by atoms with Gasteiger partial charge in [0, 0.05) is 23.0 Å². The Kier molecular flexibility index (Phi) is 3.61. The van der Waals surface area contributed by atoms with E-state index in [9.17, 15) is 9.59 Å². The molecule has 0 fully saturated rings. The van der Waals surface area contributed by atoms with Gasteiger partial charge in [-0.05, 0) is 36.8 Å². The number of carbonyl (C=O) groups excluding carboxylic acids is 2. The van der Waals surface area contributed by atoms with Gasteiger partial charge < -0.3 is 31.7 Å². The van der Waals surface area contributed by atoms with E-state index in [0.29, 0.717) is 11.4 Å². The number of ether oxygens (including phenoxy) is 1. The molecule has 4 rings (SSSR count). The number of hydrogen-bond acceptors (Lipinski definition) is 5. The van der Waals surface area contributed by atoms with Gasteiger partial charge in [0.2, 0.25) is 5.91 Å². The van der Waals surface area contributed by atoms with Crippen LogP contribution in [0.5, 0.6) is 5.75 Å². The van der Waals surface area contributed by atoms with Crippen molar-refractivity contribution in [3.8, 4) is 5.75 Å². The Morgan fingerprint density at radius 2 is 1.85 bits per heavy atom. The fourth-order valence-electron chi connectivity index (χ4n) is 3.38. The van der Waals surface area contributed by atoms with Gasteiger partial charge in [-0.3, -0.25) is 4.79 Å². The van der Waals surface area contributed by atoms with E-state index in [4.69, 9.17) is 10.5 Å². The zero-order valence-corrected chi connectivity index (χ0v) is 14.3. The number of carbonyl (C=O) groups is 2. The van der Waals surface area contributed by atoms with Crippen LogP contribution in [0.1, 0.15) is 30.1 Å². The Morgan fingerprint density at radius 1 is 1.12 bits per heavy atom. The smallest absolute Gasteiger partial charge is 0.316 e. The van der Waals surface area contributed by atoms with Gasteiger partial charge in [0.1, 0.15) is 11.9 Å². The summed E-state index contributed by atoms with van der Waals surface area (Å²) in [5.74, 6) is 0.465. The molecular formula is C18H19N5O3. The van der Waals surface area contributed by atoms with Gasteiger partial charge in [0.25, 0.3) is 0 Å². The number of amides is 3. The molecule has 0 radical (unpaired) electrons. The fraction of sp³-hybridized carbons (Fsp3) is 0.222. The summed E-state index contributed by atoms with van der Waals surface area (Å²) in [6.07, 6.45) is -0.198. The molecule has 2 aromatic carbocycles. The maximum absolute atomic E-state index is 11.8. The first kappa shape index (κ1) is 16.1. The average molecular weight is 353 g/mol. The van der Waals surface area contributed by atoms with Crippen molar-refractivity contribution in [2.75, 3.05) is 28.4 Å². The SMILES string of the molecule is COc1cc(NC(N)=O)ccc1C1Nc2cc3c(cc2N1)C(C)C(=O)N3. The highest BCUT2D eigenvalue weighted by Gasteiger charge is 2.31. The monoisotopic (exact) mass is 353 g/mol. The Balaban J connectivity index is 1.62. The van der Waals surface area contributed by atoms with Crippen molar-refractivity contribution in [1.82, 2.24) is 0 Å². The molecule has 6 N–H and O–H groups in total. The molecule has 0 saturated heterocycles. The van der Waals surface area contributed by atoms with E-state index in [1.807, 2.05) is 25.1 Å². The average Bonchev–Trinajstić information content (AvgIpc) is 3.13. The third-order valence-corrected chi connectivity index (χ3v) is 4.72. The Morgan fingerprint density at radius 3 is 2.54 bits per heavy atom. The van der Waals surface area contributed by atoms with Crippen molar-refractivity contribution >= 4 is 34.7 Å². The first-order chi connectivity index (χ1) is 12.5. The standard InChI is InChI=1S/C18H19N5O3/c1-8-11-6-13-14(7-12(11)23-17(8)24)22-16(21-13)10-4-3-9(20-18(19)25)5-15(10)26-2/h3-8,16,21-22H,1-2H3,(H,23,24)(H3,19,20,25). The Hall–Kier alpha value is -3.42. The molecule has 2 atom stereocenters. The molecule has 0 aromatic heterocycles. The molecule has 0 spiro atoms. The third kappa shape index (κ3) is 2.55. The molecule has 2 unspecified atom stereocenters. The molecule has 2 heterocycles. The zero-order chi connectivity index (χ0) is 18.4. The van der Waals surface area contributed by atoms with Crippen molar-refractivity contribution in [2.45, 2.75) is 19.0 Å². The zero-order valence-electron chi connectivity index (χ0n) is 14.3. The molecule has 3 amide bonds. The molecule has 2 aliphatic heterocycles. The van der Waals surface area contributed by atoms with Crippen LogP contribution in [-0.2, 0) is 4.79 Å². The number of nitrogens with two attached hydrogens (primary N) is 1. The summed E-state index contributed by atoms with van der Waals surface area (Å²) in [7, 11) is 1.57. The number of primary amides is 1. The van der Waals surface area contributed by atoms with Crippen molar-refractivity contribution in [1.29, 1.82) is 0 Å². The summed E-state index contributed by atoms with van der Waals surface area (Å²) in [6, 6.07) is 8.64. The van der Waals surface area contributed by atoms with Crippen molar-refractivity contribution in [2.24, 2.45) is 5.73 Å². The lowest BCUT2D eigenvalue weighted by molar-refractivity contribution is -0.116. The number of nitrogens with one attached hydrogen (secondary N) is 4. The van der Waals surface area contributed by atoms with Crippen LogP contribution < -0.4 is 31.7 Å².